The maximum absolute atomic E-state index is 12.7. The first kappa shape index (κ1) is 10.5. The fourth-order valence-corrected chi connectivity index (χ4v) is 1.96. The van der Waals surface area contributed by atoms with Gasteiger partial charge in [-0.1, -0.05) is 12.1 Å². The molecule has 0 saturated heterocycles. The van der Waals surface area contributed by atoms with Gasteiger partial charge in [-0.25, -0.2) is 0 Å². The molecule has 1 heterocycles. The van der Waals surface area contributed by atoms with E-state index in [9.17, 15) is 13.2 Å². The molecule has 0 fully saturated rings. The van der Waals surface area contributed by atoms with E-state index in [0.29, 0.717) is 9.99 Å². The third-order valence-electron chi connectivity index (χ3n) is 2.08. The minimum Gasteiger partial charge on any atom is -0.262 e. The van der Waals surface area contributed by atoms with Gasteiger partial charge in [-0.3, -0.25) is 4.68 Å². The highest BCUT2D eigenvalue weighted by Crippen LogP contribution is 2.36. The van der Waals surface area contributed by atoms with Crippen LogP contribution in [-0.2, 0) is 13.2 Å². The predicted octanol–water partition coefficient (Wildman–Crippen LogP) is 3.35. The number of nitrogens with zero attached hydrogens (tertiary/aromatic N) is 2. The Bertz CT molecular complexity index is 516. The summed E-state index contributed by atoms with van der Waals surface area (Å²) in [7, 11) is 1.29. The molecular weight excluding hydrogens is 273 g/mol. The fraction of sp³-hybridized carbons (Fsp3) is 0.222. The van der Waals surface area contributed by atoms with Crippen LogP contribution in [0, 0.1) is 0 Å². The molecular formula is C9H6BrF3N2. The molecule has 1 aromatic heterocycles. The fourth-order valence-electron chi connectivity index (χ4n) is 1.52. The summed E-state index contributed by atoms with van der Waals surface area (Å²) in [4.78, 5) is 0. The Kier molecular flexibility index (Phi) is 2.26. The van der Waals surface area contributed by atoms with Gasteiger partial charge in [0.05, 0.1) is 0 Å². The Morgan fingerprint density at radius 2 is 2.00 bits per heavy atom. The van der Waals surface area contributed by atoms with Gasteiger partial charge in [0.15, 0.2) is 0 Å². The smallest absolute Gasteiger partial charge is 0.262 e. The lowest BCUT2D eigenvalue weighted by Crippen LogP contribution is -2.11. The minimum absolute atomic E-state index is 0.111. The van der Waals surface area contributed by atoms with Crippen LogP contribution in [0.1, 0.15) is 5.69 Å². The quantitative estimate of drug-likeness (QED) is 0.723. The molecule has 0 aliphatic heterocycles. The van der Waals surface area contributed by atoms with Crippen molar-refractivity contribution in [3.05, 3.63) is 28.4 Å². The molecule has 0 aliphatic carbocycles. The first-order valence-corrected chi connectivity index (χ1v) is 4.89. The zero-order valence-electron chi connectivity index (χ0n) is 7.64. The number of aryl methyl sites for hydroxylation is 1. The lowest BCUT2D eigenvalue weighted by molar-refractivity contribution is -0.142. The van der Waals surface area contributed by atoms with Crippen LogP contribution in [0.3, 0.4) is 0 Å². The van der Waals surface area contributed by atoms with Crippen LogP contribution in [0.15, 0.2) is 22.7 Å². The number of halogens is 4. The lowest BCUT2D eigenvalue weighted by atomic mass is 10.2. The molecule has 0 amide bonds. The van der Waals surface area contributed by atoms with E-state index >= 15 is 0 Å². The Labute approximate surface area is 91.8 Å². The van der Waals surface area contributed by atoms with Gasteiger partial charge in [-0.2, -0.15) is 18.3 Å². The molecule has 0 unspecified atom stereocenters. The van der Waals surface area contributed by atoms with Gasteiger partial charge >= 0.3 is 6.18 Å². The predicted molar refractivity (Wildman–Crippen MR) is 53.4 cm³/mol. The highest BCUT2D eigenvalue weighted by atomic mass is 79.9. The van der Waals surface area contributed by atoms with E-state index < -0.39 is 11.9 Å². The maximum Gasteiger partial charge on any atom is 0.433 e. The Morgan fingerprint density at radius 3 is 2.60 bits per heavy atom. The number of rotatable bonds is 0. The van der Waals surface area contributed by atoms with Gasteiger partial charge in [0.2, 0.25) is 0 Å². The molecule has 15 heavy (non-hydrogen) atoms. The highest BCUT2D eigenvalue weighted by Gasteiger charge is 2.36. The van der Waals surface area contributed by atoms with Crippen LogP contribution < -0.4 is 0 Å². The molecule has 1 aromatic carbocycles. The second-order valence-corrected chi connectivity index (χ2v) is 3.96. The van der Waals surface area contributed by atoms with E-state index in [2.05, 4.69) is 21.0 Å². The normalized spacial score (nSPS) is 12.3. The molecule has 0 saturated carbocycles. The number of benzene rings is 1. The highest BCUT2D eigenvalue weighted by molar-refractivity contribution is 9.10. The second-order valence-electron chi connectivity index (χ2n) is 3.11. The molecule has 6 heteroatoms. The third kappa shape index (κ3) is 1.62. The van der Waals surface area contributed by atoms with Gasteiger partial charge in [0.1, 0.15) is 11.2 Å². The molecule has 0 radical (unpaired) electrons. The van der Waals surface area contributed by atoms with Crippen LogP contribution >= 0.6 is 15.9 Å². The van der Waals surface area contributed by atoms with Crippen LogP contribution in [0.5, 0.6) is 0 Å². The average Bonchev–Trinajstić information content (AvgIpc) is 2.41. The molecule has 0 bridgehead atoms. The molecule has 0 aliphatic rings. The van der Waals surface area contributed by atoms with Crippen molar-refractivity contribution in [2.45, 2.75) is 6.18 Å². The Balaban J connectivity index is 2.86. The van der Waals surface area contributed by atoms with E-state index in [4.69, 9.17) is 0 Å². The van der Waals surface area contributed by atoms with Gasteiger partial charge < -0.3 is 0 Å². The number of aromatic nitrogens is 2. The zero-order chi connectivity index (χ0) is 11.2. The van der Waals surface area contributed by atoms with E-state index in [1.807, 2.05) is 0 Å². The summed E-state index contributed by atoms with van der Waals surface area (Å²) >= 11 is 3.17. The van der Waals surface area contributed by atoms with Crippen LogP contribution in [-0.4, -0.2) is 9.78 Å². The molecule has 2 rings (SSSR count). The second kappa shape index (κ2) is 3.23. The lowest BCUT2D eigenvalue weighted by Gasteiger charge is -2.06. The number of alkyl halides is 3. The van der Waals surface area contributed by atoms with Crippen LogP contribution in [0.4, 0.5) is 13.2 Å². The van der Waals surface area contributed by atoms with Crippen molar-refractivity contribution in [1.82, 2.24) is 9.78 Å². The summed E-state index contributed by atoms with van der Waals surface area (Å²) in [5, 5.41) is 3.94. The Morgan fingerprint density at radius 1 is 1.33 bits per heavy atom. The van der Waals surface area contributed by atoms with E-state index in [0.717, 1.165) is 4.68 Å². The molecule has 2 nitrogen and oxygen atoms in total. The summed E-state index contributed by atoms with van der Waals surface area (Å²) in [5.74, 6) is 0. The van der Waals surface area contributed by atoms with Crippen molar-refractivity contribution in [1.29, 1.82) is 0 Å². The molecule has 0 atom stereocenters. The van der Waals surface area contributed by atoms with Crippen molar-refractivity contribution in [2.24, 2.45) is 7.05 Å². The van der Waals surface area contributed by atoms with Crippen molar-refractivity contribution in [2.75, 3.05) is 0 Å². The van der Waals surface area contributed by atoms with Crippen LogP contribution in [0.2, 0.25) is 0 Å². The first-order valence-electron chi connectivity index (χ1n) is 4.09. The number of fused-ring (bicyclic) bond motifs is 1. The number of hydrogen-bond acceptors (Lipinski definition) is 1. The van der Waals surface area contributed by atoms with Gasteiger partial charge in [-0.05, 0) is 22.0 Å². The van der Waals surface area contributed by atoms with Gasteiger partial charge in [0, 0.05) is 16.9 Å². The maximum atomic E-state index is 12.7. The first-order chi connectivity index (χ1) is 6.91. The van der Waals surface area contributed by atoms with Crippen molar-refractivity contribution in [3.8, 4) is 0 Å². The topological polar surface area (TPSA) is 17.8 Å². The summed E-state index contributed by atoms with van der Waals surface area (Å²) in [5.41, 5.74) is -0.397. The van der Waals surface area contributed by atoms with Crippen molar-refractivity contribution >= 4 is 26.8 Å². The van der Waals surface area contributed by atoms with E-state index in [-0.39, 0.29) is 5.39 Å². The summed E-state index contributed by atoms with van der Waals surface area (Å²) in [6.07, 6.45) is -4.38. The number of hydrogen-bond donors (Lipinski definition) is 0. The molecule has 0 N–H and O–H groups in total. The zero-order valence-corrected chi connectivity index (χ0v) is 9.22. The molecule has 2 aromatic rings. The van der Waals surface area contributed by atoms with Crippen molar-refractivity contribution < 1.29 is 13.2 Å². The summed E-state index contributed by atoms with van der Waals surface area (Å²) in [6, 6.07) is 4.63. The van der Waals surface area contributed by atoms with E-state index in [1.54, 1.807) is 12.1 Å². The summed E-state index contributed by atoms with van der Waals surface area (Å²) < 4.78 is 39.4. The Hall–Kier alpha value is -1.04. The average molecular weight is 279 g/mol. The third-order valence-corrected chi connectivity index (χ3v) is 2.72. The van der Waals surface area contributed by atoms with Gasteiger partial charge in [0.25, 0.3) is 0 Å². The summed E-state index contributed by atoms with van der Waals surface area (Å²) in [6.45, 7) is 0. The van der Waals surface area contributed by atoms with Gasteiger partial charge in [-0.15, -0.1) is 0 Å². The monoisotopic (exact) mass is 278 g/mol. The van der Waals surface area contributed by atoms with E-state index in [1.165, 1.54) is 13.1 Å². The standard InChI is InChI=1S/C9H6BrF3N2/c1-15-8(9(11,12)13)5-3-2-4-6(10)7(5)14-15/h2-4H,1H3. The SMILES string of the molecule is Cn1nc2c(Br)cccc2c1C(F)(F)F. The minimum atomic E-state index is -4.38. The van der Waals surface area contributed by atoms with Crippen LogP contribution in [0.25, 0.3) is 10.9 Å². The molecule has 0 spiro atoms. The van der Waals surface area contributed by atoms with Crippen molar-refractivity contribution in [3.63, 3.8) is 0 Å². The largest absolute Gasteiger partial charge is 0.433 e. The molecule has 80 valence electrons.